The zero-order valence-corrected chi connectivity index (χ0v) is 20.6. The molecule has 0 spiro atoms. The number of pyridine rings is 1. The lowest BCUT2D eigenvalue weighted by Crippen LogP contribution is -2.26. The third kappa shape index (κ3) is 5.12. The van der Waals surface area contributed by atoms with Crippen LogP contribution in [0.5, 0.6) is 11.6 Å². The van der Waals surface area contributed by atoms with Gasteiger partial charge >= 0.3 is 0 Å². The molecule has 0 fully saturated rings. The number of allylic oxidation sites excluding steroid dienone is 1. The SMILES string of the molecule is Cc1cc(Oc2ncccc2C#N)ccc1NC(=O)CCC(=O)C(C#N)=C1N(C)c2ccccc2N1C. The number of Topliss-reactive ketones (excluding diaryl/α,β-unsaturated/α-hetero) is 1. The number of hydrogen-bond acceptors (Lipinski definition) is 8. The number of nitrogens with zero attached hydrogens (tertiary/aromatic N) is 5. The Morgan fingerprint density at radius 1 is 1.00 bits per heavy atom. The third-order valence-electron chi connectivity index (χ3n) is 6.01. The average molecular weight is 493 g/mol. The summed E-state index contributed by atoms with van der Waals surface area (Å²) in [4.78, 5) is 33.2. The summed E-state index contributed by atoms with van der Waals surface area (Å²) in [6.07, 6.45) is 1.36. The molecule has 4 rings (SSSR count). The number of aryl methyl sites for hydroxylation is 1. The van der Waals surface area contributed by atoms with E-state index in [0.717, 1.165) is 16.9 Å². The number of nitriles is 2. The molecule has 9 heteroatoms. The Morgan fingerprint density at radius 3 is 2.32 bits per heavy atom. The number of ether oxygens (including phenoxy) is 1. The number of para-hydroxylation sites is 2. The summed E-state index contributed by atoms with van der Waals surface area (Å²) in [7, 11) is 3.61. The van der Waals surface area contributed by atoms with Gasteiger partial charge in [0.2, 0.25) is 11.8 Å². The van der Waals surface area contributed by atoms with E-state index in [1.165, 1.54) is 6.20 Å². The van der Waals surface area contributed by atoms with Crippen LogP contribution in [0.3, 0.4) is 0 Å². The number of amides is 1. The number of ketones is 1. The first-order valence-corrected chi connectivity index (χ1v) is 11.5. The van der Waals surface area contributed by atoms with E-state index in [1.54, 1.807) is 51.4 Å². The molecule has 2 heterocycles. The summed E-state index contributed by atoms with van der Waals surface area (Å²) in [6, 6.07) is 20.0. The van der Waals surface area contributed by atoms with E-state index in [4.69, 9.17) is 4.74 Å². The predicted octanol–water partition coefficient (Wildman–Crippen LogP) is 4.66. The van der Waals surface area contributed by atoms with Crippen LogP contribution in [0, 0.1) is 29.6 Å². The summed E-state index contributed by atoms with van der Waals surface area (Å²) in [6.45, 7) is 1.80. The van der Waals surface area contributed by atoms with Crippen molar-refractivity contribution in [2.45, 2.75) is 19.8 Å². The molecule has 0 atom stereocenters. The van der Waals surface area contributed by atoms with Crippen molar-refractivity contribution < 1.29 is 14.3 Å². The maximum Gasteiger partial charge on any atom is 0.237 e. The molecule has 37 heavy (non-hydrogen) atoms. The van der Waals surface area contributed by atoms with Gasteiger partial charge in [0.05, 0.1) is 11.4 Å². The van der Waals surface area contributed by atoms with Crippen molar-refractivity contribution in [1.29, 1.82) is 10.5 Å². The van der Waals surface area contributed by atoms with Gasteiger partial charge in [-0.15, -0.1) is 0 Å². The van der Waals surface area contributed by atoms with Crippen LogP contribution >= 0.6 is 0 Å². The first-order valence-electron chi connectivity index (χ1n) is 11.5. The minimum Gasteiger partial charge on any atom is -0.438 e. The van der Waals surface area contributed by atoms with Gasteiger partial charge in [0.15, 0.2) is 5.78 Å². The number of anilines is 3. The Morgan fingerprint density at radius 2 is 1.70 bits per heavy atom. The Balaban J connectivity index is 1.40. The zero-order chi connectivity index (χ0) is 26.5. The minimum atomic E-state index is -0.400. The van der Waals surface area contributed by atoms with Crippen molar-refractivity contribution >= 4 is 28.8 Å². The fraction of sp³-hybridized carbons (Fsp3) is 0.179. The first kappa shape index (κ1) is 25.0. The monoisotopic (exact) mass is 492 g/mol. The number of rotatable bonds is 7. The summed E-state index contributed by atoms with van der Waals surface area (Å²) in [5.41, 5.74) is 3.42. The van der Waals surface area contributed by atoms with Gasteiger partial charge in [-0.3, -0.25) is 9.59 Å². The van der Waals surface area contributed by atoms with Gasteiger partial charge < -0.3 is 19.9 Å². The summed E-state index contributed by atoms with van der Waals surface area (Å²) < 4.78 is 5.71. The van der Waals surface area contributed by atoms with Crippen molar-refractivity contribution in [2.75, 3.05) is 29.2 Å². The highest BCUT2D eigenvalue weighted by Crippen LogP contribution is 2.40. The number of nitrogens with one attached hydrogen (secondary N) is 1. The van der Waals surface area contributed by atoms with Gasteiger partial charge in [-0.1, -0.05) is 12.1 Å². The Hall–Kier alpha value is -5.15. The van der Waals surface area contributed by atoms with E-state index in [9.17, 15) is 20.1 Å². The second-order valence-corrected chi connectivity index (χ2v) is 8.44. The first-order chi connectivity index (χ1) is 17.8. The summed E-state index contributed by atoms with van der Waals surface area (Å²) in [5.74, 6) is 0.414. The third-order valence-corrected chi connectivity index (χ3v) is 6.01. The van der Waals surface area contributed by atoms with Crippen molar-refractivity contribution in [3.63, 3.8) is 0 Å². The lowest BCUT2D eigenvalue weighted by molar-refractivity contribution is -0.120. The number of benzene rings is 2. The molecule has 3 aromatic rings. The van der Waals surface area contributed by atoms with E-state index in [2.05, 4.69) is 10.3 Å². The Labute approximate surface area is 214 Å². The molecular formula is C28H24N6O3. The van der Waals surface area contributed by atoms with E-state index in [0.29, 0.717) is 22.8 Å². The number of carbonyl (C=O) groups excluding carboxylic acids is 2. The molecule has 0 radical (unpaired) electrons. The maximum absolute atomic E-state index is 12.9. The van der Waals surface area contributed by atoms with E-state index >= 15 is 0 Å². The van der Waals surface area contributed by atoms with E-state index < -0.39 is 5.78 Å². The minimum absolute atomic E-state index is 0.0120. The summed E-state index contributed by atoms with van der Waals surface area (Å²) in [5, 5.41) is 21.8. The standard InChI is InChI=1S/C28H24N6O3/c1-18-15-20(37-27-19(16-29)7-6-14-31-27)10-11-22(18)32-26(36)13-12-25(35)21(17-30)28-33(2)23-8-4-5-9-24(23)34(28)3/h4-11,14-15H,12-13H2,1-3H3,(H,32,36). The van der Waals surface area contributed by atoms with Crippen LogP contribution < -0.4 is 19.9 Å². The van der Waals surface area contributed by atoms with Crippen LogP contribution in [0.25, 0.3) is 0 Å². The maximum atomic E-state index is 12.9. The van der Waals surface area contributed by atoms with Gasteiger partial charge in [-0.2, -0.15) is 10.5 Å². The molecule has 9 nitrogen and oxygen atoms in total. The van der Waals surface area contributed by atoms with Gasteiger partial charge in [0, 0.05) is 38.8 Å². The number of hydrogen-bond donors (Lipinski definition) is 1. The van der Waals surface area contributed by atoms with Crippen molar-refractivity contribution in [2.24, 2.45) is 0 Å². The molecule has 0 saturated carbocycles. The molecule has 1 aromatic heterocycles. The van der Waals surface area contributed by atoms with Crippen molar-refractivity contribution in [3.05, 3.63) is 83.3 Å². The van der Waals surface area contributed by atoms with E-state index in [-0.39, 0.29) is 30.2 Å². The molecule has 0 unspecified atom stereocenters. The number of aromatic nitrogens is 1. The fourth-order valence-corrected chi connectivity index (χ4v) is 4.13. The predicted molar refractivity (Wildman–Crippen MR) is 139 cm³/mol. The van der Waals surface area contributed by atoms with Gasteiger partial charge in [-0.25, -0.2) is 4.98 Å². The fourth-order valence-electron chi connectivity index (χ4n) is 4.13. The Kier molecular flexibility index (Phi) is 7.17. The van der Waals surface area contributed by atoms with Gasteiger partial charge in [-0.05, 0) is 55.0 Å². The van der Waals surface area contributed by atoms with Gasteiger partial charge in [0.25, 0.3) is 0 Å². The topological polar surface area (TPSA) is 122 Å². The van der Waals surface area contributed by atoms with Crippen molar-refractivity contribution in [3.8, 4) is 23.8 Å². The number of fused-ring (bicyclic) bond motifs is 1. The highest BCUT2D eigenvalue weighted by molar-refractivity contribution is 6.04. The number of carbonyl (C=O) groups is 2. The van der Waals surface area contributed by atoms with Crippen LogP contribution in [0.1, 0.15) is 24.0 Å². The molecule has 0 saturated heterocycles. The van der Waals surface area contributed by atoms with Crippen LogP contribution in [0.15, 0.2) is 72.2 Å². The molecule has 2 aromatic carbocycles. The lowest BCUT2D eigenvalue weighted by atomic mass is 10.1. The second-order valence-electron chi connectivity index (χ2n) is 8.44. The second kappa shape index (κ2) is 10.6. The Bertz CT molecular complexity index is 1470. The van der Waals surface area contributed by atoms with Crippen molar-refractivity contribution in [1.82, 2.24) is 4.98 Å². The van der Waals surface area contributed by atoms with Crippen LogP contribution in [-0.2, 0) is 9.59 Å². The molecule has 1 N–H and O–H groups in total. The zero-order valence-electron chi connectivity index (χ0n) is 20.6. The largest absolute Gasteiger partial charge is 0.438 e. The van der Waals surface area contributed by atoms with Crippen LogP contribution in [-0.4, -0.2) is 30.8 Å². The molecule has 1 aliphatic heterocycles. The average Bonchev–Trinajstić information content (AvgIpc) is 3.15. The quantitative estimate of drug-likeness (QED) is 0.373. The van der Waals surface area contributed by atoms with Gasteiger partial charge in [0.1, 0.15) is 34.8 Å². The normalized spacial score (nSPS) is 11.9. The lowest BCUT2D eigenvalue weighted by Gasteiger charge is -2.19. The highest BCUT2D eigenvalue weighted by Gasteiger charge is 2.31. The molecule has 1 amide bonds. The molecule has 0 bridgehead atoms. The molecule has 0 aliphatic carbocycles. The van der Waals surface area contributed by atoms with E-state index in [1.807, 2.05) is 46.2 Å². The smallest absolute Gasteiger partial charge is 0.237 e. The molecular weight excluding hydrogens is 468 g/mol. The highest BCUT2D eigenvalue weighted by atomic mass is 16.5. The summed E-state index contributed by atoms with van der Waals surface area (Å²) >= 11 is 0. The molecule has 184 valence electrons. The van der Waals surface area contributed by atoms with Crippen LogP contribution in [0.2, 0.25) is 0 Å². The van der Waals surface area contributed by atoms with Crippen LogP contribution in [0.4, 0.5) is 17.1 Å². The molecule has 1 aliphatic rings.